The summed E-state index contributed by atoms with van der Waals surface area (Å²) in [6, 6.07) is 7.31. The van der Waals surface area contributed by atoms with Crippen molar-refractivity contribution in [2.24, 2.45) is 0 Å². The molecule has 164 valence electrons. The number of nitrogens with one attached hydrogen (secondary N) is 1. The number of hydrogen-bond donors (Lipinski definition) is 1. The number of nitrogens with zero attached hydrogens (tertiary/aromatic N) is 4. The SMILES string of the molecule is O=C(NCCc1nc(-c2ccc(F)cc2)cs1)c1cncc(-c2noc(C(F)(F)F)n2)c1. The van der Waals surface area contributed by atoms with E-state index in [9.17, 15) is 22.4 Å². The van der Waals surface area contributed by atoms with Gasteiger partial charge in [-0.3, -0.25) is 9.78 Å². The summed E-state index contributed by atoms with van der Waals surface area (Å²) in [4.78, 5) is 24.0. The third kappa shape index (κ3) is 4.97. The largest absolute Gasteiger partial charge is 0.471 e. The predicted molar refractivity (Wildman–Crippen MR) is 106 cm³/mol. The molecule has 0 fully saturated rings. The van der Waals surface area contributed by atoms with Crippen molar-refractivity contribution in [3.05, 3.63) is 70.4 Å². The molecule has 4 aromatic rings. The van der Waals surface area contributed by atoms with Crippen LogP contribution in [0.25, 0.3) is 22.6 Å². The van der Waals surface area contributed by atoms with E-state index in [1.165, 1.54) is 41.9 Å². The van der Waals surface area contributed by atoms with Gasteiger partial charge in [-0.05, 0) is 30.3 Å². The number of amides is 1. The minimum absolute atomic E-state index is 0.112. The van der Waals surface area contributed by atoms with Crippen molar-refractivity contribution in [1.29, 1.82) is 0 Å². The number of carbonyl (C=O) groups excluding carboxylic acids is 1. The fourth-order valence-electron chi connectivity index (χ4n) is 2.71. The van der Waals surface area contributed by atoms with Gasteiger partial charge in [0.25, 0.3) is 5.91 Å². The van der Waals surface area contributed by atoms with Gasteiger partial charge in [0.1, 0.15) is 5.82 Å². The maximum atomic E-state index is 13.0. The molecule has 0 saturated heterocycles. The van der Waals surface area contributed by atoms with Crippen LogP contribution in [0.15, 0.2) is 52.6 Å². The first-order valence-electron chi connectivity index (χ1n) is 9.14. The minimum Gasteiger partial charge on any atom is -0.352 e. The van der Waals surface area contributed by atoms with Crippen LogP contribution >= 0.6 is 11.3 Å². The Kier molecular flexibility index (Phi) is 5.95. The fraction of sp³-hybridized carbons (Fsp3) is 0.150. The van der Waals surface area contributed by atoms with Crippen molar-refractivity contribution < 1.29 is 26.9 Å². The molecule has 1 amide bonds. The number of alkyl halides is 3. The van der Waals surface area contributed by atoms with Crippen molar-refractivity contribution in [2.45, 2.75) is 12.6 Å². The molecule has 32 heavy (non-hydrogen) atoms. The molecule has 3 aromatic heterocycles. The Morgan fingerprint density at radius 2 is 1.88 bits per heavy atom. The lowest BCUT2D eigenvalue weighted by molar-refractivity contribution is -0.159. The summed E-state index contributed by atoms with van der Waals surface area (Å²) in [5.74, 6) is -2.60. The summed E-state index contributed by atoms with van der Waals surface area (Å²) < 4.78 is 55.1. The van der Waals surface area contributed by atoms with Gasteiger partial charge >= 0.3 is 12.1 Å². The van der Waals surface area contributed by atoms with Gasteiger partial charge in [0.05, 0.1) is 16.3 Å². The summed E-state index contributed by atoms with van der Waals surface area (Å²) in [6.07, 6.45) is -1.79. The molecule has 0 aliphatic carbocycles. The van der Waals surface area contributed by atoms with Crippen LogP contribution in [0.4, 0.5) is 17.6 Å². The molecule has 3 heterocycles. The van der Waals surface area contributed by atoms with Gasteiger partial charge in [0.15, 0.2) is 0 Å². The van der Waals surface area contributed by atoms with E-state index in [0.29, 0.717) is 12.1 Å². The summed E-state index contributed by atoms with van der Waals surface area (Å²) in [5.41, 5.74) is 1.75. The Bertz CT molecular complexity index is 1240. The topological polar surface area (TPSA) is 93.8 Å². The molecule has 4 rings (SSSR count). The zero-order valence-electron chi connectivity index (χ0n) is 16.1. The van der Waals surface area contributed by atoms with E-state index in [1.54, 1.807) is 12.1 Å². The molecule has 7 nitrogen and oxygen atoms in total. The second kappa shape index (κ2) is 8.83. The van der Waals surface area contributed by atoms with Crippen molar-refractivity contribution in [3.8, 4) is 22.6 Å². The Labute approximate surface area is 182 Å². The quantitative estimate of drug-likeness (QED) is 0.427. The molecule has 0 unspecified atom stereocenters. The van der Waals surface area contributed by atoms with Gasteiger partial charge < -0.3 is 9.84 Å². The highest BCUT2D eigenvalue weighted by atomic mass is 32.1. The van der Waals surface area contributed by atoms with Crippen molar-refractivity contribution in [2.75, 3.05) is 6.54 Å². The molecular weight excluding hydrogens is 450 g/mol. The number of pyridine rings is 1. The second-order valence-electron chi connectivity index (χ2n) is 6.52. The molecule has 0 bridgehead atoms. The van der Waals surface area contributed by atoms with Crippen LogP contribution in [0, 0.1) is 5.82 Å². The molecule has 0 atom stereocenters. The molecule has 0 aliphatic heterocycles. The number of hydrogen-bond acceptors (Lipinski definition) is 7. The van der Waals surface area contributed by atoms with Gasteiger partial charge in [-0.25, -0.2) is 9.37 Å². The number of rotatable bonds is 6. The highest BCUT2D eigenvalue weighted by molar-refractivity contribution is 7.09. The second-order valence-corrected chi connectivity index (χ2v) is 7.47. The van der Waals surface area contributed by atoms with Crippen molar-refractivity contribution in [1.82, 2.24) is 25.4 Å². The lowest BCUT2D eigenvalue weighted by Crippen LogP contribution is -2.25. The van der Waals surface area contributed by atoms with Crippen LogP contribution in [-0.2, 0) is 12.6 Å². The average Bonchev–Trinajstić information content (AvgIpc) is 3.44. The van der Waals surface area contributed by atoms with E-state index in [2.05, 4.69) is 29.9 Å². The molecule has 1 N–H and O–H groups in total. The van der Waals surface area contributed by atoms with Crippen LogP contribution in [0.3, 0.4) is 0 Å². The van der Waals surface area contributed by atoms with Gasteiger partial charge in [0, 0.05) is 41.9 Å². The van der Waals surface area contributed by atoms with E-state index in [1.807, 2.05) is 5.38 Å². The number of thiazole rings is 1. The predicted octanol–water partition coefficient (Wildman–Crippen LogP) is 4.39. The molecule has 12 heteroatoms. The summed E-state index contributed by atoms with van der Waals surface area (Å²) in [7, 11) is 0. The fourth-order valence-corrected chi connectivity index (χ4v) is 3.51. The summed E-state index contributed by atoms with van der Waals surface area (Å²) >= 11 is 1.41. The average molecular weight is 463 g/mol. The third-order valence-electron chi connectivity index (χ3n) is 4.24. The summed E-state index contributed by atoms with van der Waals surface area (Å²) in [5, 5.41) is 8.61. The minimum atomic E-state index is -4.76. The van der Waals surface area contributed by atoms with Crippen molar-refractivity contribution >= 4 is 17.2 Å². The van der Waals surface area contributed by atoms with E-state index in [0.717, 1.165) is 10.6 Å². The van der Waals surface area contributed by atoms with Gasteiger partial charge in [-0.1, -0.05) is 5.16 Å². The Hall–Kier alpha value is -3.67. The van der Waals surface area contributed by atoms with Gasteiger partial charge in [-0.15, -0.1) is 11.3 Å². The smallest absolute Gasteiger partial charge is 0.352 e. The highest BCUT2D eigenvalue weighted by Gasteiger charge is 2.38. The van der Waals surface area contributed by atoms with Gasteiger partial charge in [0.2, 0.25) is 5.82 Å². The van der Waals surface area contributed by atoms with Crippen LogP contribution in [0.2, 0.25) is 0 Å². The molecule has 0 spiro atoms. The molecule has 0 aliphatic rings. The first kappa shape index (κ1) is 21.6. The zero-order valence-corrected chi connectivity index (χ0v) is 16.9. The summed E-state index contributed by atoms with van der Waals surface area (Å²) in [6.45, 7) is 0.278. The Morgan fingerprint density at radius 1 is 1.09 bits per heavy atom. The third-order valence-corrected chi connectivity index (χ3v) is 5.15. The van der Waals surface area contributed by atoms with Crippen LogP contribution in [0.1, 0.15) is 21.3 Å². The molecular formula is C20H13F4N5O2S. The standard InChI is InChI=1S/C20H13F4N5O2S/c21-14-3-1-11(2-4-14)15-10-32-16(27-15)5-6-26-18(30)13-7-12(8-25-9-13)17-28-19(31-29-17)20(22,23)24/h1-4,7-10H,5-6H2,(H,26,30). The van der Waals surface area contributed by atoms with Crippen LogP contribution in [-0.4, -0.2) is 32.6 Å². The van der Waals surface area contributed by atoms with Crippen LogP contribution < -0.4 is 5.32 Å². The normalized spacial score (nSPS) is 11.5. The first-order chi connectivity index (χ1) is 15.3. The van der Waals surface area contributed by atoms with Gasteiger partial charge in [-0.2, -0.15) is 18.2 Å². The highest BCUT2D eigenvalue weighted by Crippen LogP contribution is 2.29. The zero-order chi connectivity index (χ0) is 22.7. The maximum absolute atomic E-state index is 13.0. The number of benzene rings is 1. The van der Waals surface area contributed by atoms with Crippen LogP contribution in [0.5, 0.6) is 0 Å². The molecule has 1 aromatic carbocycles. The van der Waals surface area contributed by atoms with E-state index >= 15 is 0 Å². The monoisotopic (exact) mass is 463 g/mol. The molecule has 0 radical (unpaired) electrons. The number of aromatic nitrogens is 4. The lowest BCUT2D eigenvalue weighted by Gasteiger charge is -2.04. The van der Waals surface area contributed by atoms with E-state index in [4.69, 9.17) is 0 Å². The lowest BCUT2D eigenvalue weighted by atomic mass is 10.2. The number of carbonyl (C=O) groups is 1. The Morgan fingerprint density at radius 3 is 2.59 bits per heavy atom. The van der Waals surface area contributed by atoms with Crippen molar-refractivity contribution in [3.63, 3.8) is 0 Å². The molecule has 0 saturated carbocycles. The van der Waals surface area contributed by atoms with E-state index < -0.39 is 18.0 Å². The van der Waals surface area contributed by atoms with E-state index in [-0.39, 0.29) is 29.3 Å². The number of halogens is 4. The Balaban J connectivity index is 1.36. The first-order valence-corrected chi connectivity index (χ1v) is 10.0. The maximum Gasteiger partial charge on any atom is 0.471 e.